The van der Waals surface area contributed by atoms with E-state index in [-0.39, 0.29) is 11.3 Å². The molecule has 3 rings (SSSR count). The van der Waals surface area contributed by atoms with Gasteiger partial charge in [0.1, 0.15) is 22.1 Å². The molecular formula is C21H14Cl2FNO3S. The molecule has 3 aromatic rings. The fourth-order valence-electron chi connectivity index (χ4n) is 2.60. The van der Waals surface area contributed by atoms with Crippen LogP contribution >= 0.6 is 34.5 Å². The van der Waals surface area contributed by atoms with Crippen LogP contribution in [0.25, 0.3) is 28.0 Å². The number of thiazole rings is 1. The topological polar surface area (TPSA) is 59.4 Å². The second kappa shape index (κ2) is 9.22. The maximum atomic E-state index is 14.9. The maximum absolute atomic E-state index is 14.9. The molecule has 0 saturated carbocycles. The van der Waals surface area contributed by atoms with Gasteiger partial charge in [0.25, 0.3) is 0 Å². The third-order valence-electron chi connectivity index (χ3n) is 3.91. The lowest BCUT2D eigenvalue weighted by Crippen LogP contribution is -2.02. The zero-order valence-corrected chi connectivity index (χ0v) is 17.4. The van der Waals surface area contributed by atoms with Crippen molar-refractivity contribution >= 4 is 58.0 Å². The molecule has 2 aromatic carbocycles. The molecule has 1 N–H and O–H groups in total. The first-order chi connectivity index (χ1) is 13.9. The normalized spacial score (nSPS) is 12.1. The molecule has 0 spiro atoms. The van der Waals surface area contributed by atoms with Gasteiger partial charge in [0.2, 0.25) is 0 Å². The molecule has 1 aromatic heterocycles. The van der Waals surface area contributed by atoms with Crippen LogP contribution < -0.4 is 0 Å². The van der Waals surface area contributed by atoms with Gasteiger partial charge in [-0.2, -0.15) is 0 Å². The average Bonchev–Trinajstić information content (AvgIpc) is 3.16. The first-order valence-corrected chi connectivity index (χ1v) is 9.88. The number of aromatic nitrogens is 1. The molecule has 8 heteroatoms. The molecule has 0 atom stereocenters. The minimum Gasteiger partial charge on any atom is -0.503 e. The number of nitrogens with zero attached hydrogens (tertiary/aromatic N) is 1. The predicted molar refractivity (Wildman–Crippen MR) is 116 cm³/mol. The van der Waals surface area contributed by atoms with Gasteiger partial charge in [0, 0.05) is 16.0 Å². The number of carbonyl (C=O) groups is 1. The monoisotopic (exact) mass is 449 g/mol. The number of halogens is 3. The fourth-order valence-corrected chi connectivity index (χ4v) is 3.99. The molecule has 0 aliphatic heterocycles. The van der Waals surface area contributed by atoms with Gasteiger partial charge in [0.15, 0.2) is 0 Å². The summed E-state index contributed by atoms with van der Waals surface area (Å²) in [7, 11) is 1.35. The zero-order valence-electron chi connectivity index (χ0n) is 15.0. The second-order valence-electron chi connectivity index (χ2n) is 5.81. The van der Waals surface area contributed by atoms with E-state index in [0.29, 0.717) is 31.7 Å². The summed E-state index contributed by atoms with van der Waals surface area (Å²) in [5.74, 6) is -1.78. The number of hydrogen-bond donors (Lipinski definition) is 1. The van der Waals surface area contributed by atoms with Crippen LogP contribution in [0.1, 0.15) is 16.8 Å². The van der Waals surface area contributed by atoms with Crippen LogP contribution in [0.5, 0.6) is 0 Å². The van der Waals surface area contributed by atoms with E-state index in [2.05, 4.69) is 4.98 Å². The van der Waals surface area contributed by atoms with Crippen molar-refractivity contribution in [3.63, 3.8) is 0 Å². The SMILES string of the molecule is COC=C(C(=O)O)c1ccccc1C=C(F)c1csc(-c2ccc(Cl)cc2Cl)n1. The Kier molecular flexibility index (Phi) is 6.69. The summed E-state index contributed by atoms with van der Waals surface area (Å²) >= 11 is 13.3. The minimum atomic E-state index is -1.18. The van der Waals surface area contributed by atoms with Crippen molar-refractivity contribution in [1.29, 1.82) is 0 Å². The van der Waals surface area contributed by atoms with Crippen molar-refractivity contribution in [2.45, 2.75) is 0 Å². The van der Waals surface area contributed by atoms with E-state index in [1.54, 1.807) is 47.8 Å². The second-order valence-corrected chi connectivity index (χ2v) is 7.52. The van der Waals surface area contributed by atoms with Gasteiger partial charge in [-0.05, 0) is 35.4 Å². The molecule has 0 radical (unpaired) electrons. The lowest BCUT2D eigenvalue weighted by Gasteiger charge is -2.07. The lowest BCUT2D eigenvalue weighted by molar-refractivity contribution is -0.130. The number of methoxy groups -OCH3 is 1. The molecule has 0 unspecified atom stereocenters. The third kappa shape index (κ3) is 4.85. The number of carboxylic acids is 1. The molecular weight excluding hydrogens is 436 g/mol. The van der Waals surface area contributed by atoms with E-state index in [1.165, 1.54) is 24.5 Å². The average molecular weight is 450 g/mol. The molecule has 0 aliphatic carbocycles. The summed E-state index contributed by atoms with van der Waals surface area (Å²) in [6, 6.07) is 11.6. The standard InChI is InChI=1S/C21H14Cl2FNO3S/c1-28-10-16(21(26)27)14-5-3-2-4-12(14)8-18(24)19-11-29-20(25-19)15-7-6-13(22)9-17(15)23/h2-11H,1H3,(H,26,27). The highest BCUT2D eigenvalue weighted by Gasteiger charge is 2.16. The molecule has 1 heterocycles. The van der Waals surface area contributed by atoms with Crippen LogP contribution in [-0.2, 0) is 9.53 Å². The van der Waals surface area contributed by atoms with E-state index in [1.807, 2.05) is 0 Å². The van der Waals surface area contributed by atoms with E-state index >= 15 is 0 Å². The summed E-state index contributed by atoms with van der Waals surface area (Å²) in [5, 5.41) is 12.4. The van der Waals surface area contributed by atoms with Gasteiger partial charge in [-0.3, -0.25) is 0 Å². The summed E-state index contributed by atoms with van der Waals surface area (Å²) < 4.78 is 19.7. The number of ether oxygens (including phenoxy) is 1. The Balaban J connectivity index is 1.98. The molecule has 148 valence electrons. The van der Waals surface area contributed by atoms with E-state index < -0.39 is 11.8 Å². The van der Waals surface area contributed by atoms with Gasteiger partial charge in [-0.25, -0.2) is 14.2 Å². The van der Waals surface area contributed by atoms with Crippen LogP contribution in [0.2, 0.25) is 10.0 Å². The van der Waals surface area contributed by atoms with Gasteiger partial charge in [-0.1, -0.05) is 47.5 Å². The zero-order chi connectivity index (χ0) is 21.0. The quantitative estimate of drug-likeness (QED) is 0.337. The van der Waals surface area contributed by atoms with Crippen molar-refractivity contribution in [3.05, 3.63) is 81.0 Å². The Labute approximate surface area is 180 Å². The maximum Gasteiger partial charge on any atom is 0.339 e. The van der Waals surface area contributed by atoms with Crippen LogP contribution in [-0.4, -0.2) is 23.2 Å². The number of benzene rings is 2. The molecule has 0 fully saturated rings. The Morgan fingerprint density at radius 2 is 2.00 bits per heavy atom. The summed E-state index contributed by atoms with van der Waals surface area (Å²) in [6.45, 7) is 0. The minimum absolute atomic E-state index is 0.0842. The smallest absolute Gasteiger partial charge is 0.339 e. The molecule has 4 nitrogen and oxygen atoms in total. The molecule has 0 saturated heterocycles. The van der Waals surface area contributed by atoms with Crippen molar-refractivity contribution in [2.75, 3.05) is 7.11 Å². The van der Waals surface area contributed by atoms with Gasteiger partial charge >= 0.3 is 5.97 Å². The van der Waals surface area contributed by atoms with Crippen LogP contribution in [0, 0.1) is 0 Å². The number of rotatable bonds is 6. The number of hydrogen-bond acceptors (Lipinski definition) is 4. The van der Waals surface area contributed by atoms with E-state index in [0.717, 1.165) is 6.26 Å². The summed E-state index contributed by atoms with van der Waals surface area (Å²) in [4.78, 5) is 15.8. The van der Waals surface area contributed by atoms with Gasteiger partial charge in [-0.15, -0.1) is 11.3 Å². The number of aliphatic carboxylic acids is 1. The Bertz CT molecular complexity index is 1120. The third-order valence-corrected chi connectivity index (χ3v) is 5.33. The Hall–Kier alpha value is -2.67. The van der Waals surface area contributed by atoms with Gasteiger partial charge in [0.05, 0.1) is 18.4 Å². The number of carboxylic acid groups (broad SMARTS) is 1. The first-order valence-electron chi connectivity index (χ1n) is 8.25. The van der Waals surface area contributed by atoms with Crippen LogP contribution in [0.4, 0.5) is 4.39 Å². The van der Waals surface area contributed by atoms with Crippen molar-refractivity contribution in [3.8, 4) is 10.6 Å². The highest BCUT2D eigenvalue weighted by Crippen LogP contribution is 2.34. The lowest BCUT2D eigenvalue weighted by atomic mass is 10.00. The van der Waals surface area contributed by atoms with E-state index in [9.17, 15) is 14.3 Å². The first kappa shape index (κ1) is 21.0. The van der Waals surface area contributed by atoms with Crippen LogP contribution in [0.15, 0.2) is 54.1 Å². The Morgan fingerprint density at radius 3 is 2.69 bits per heavy atom. The van der Waals surface area contributed by atoms with Crippen molar-refractivity contribution in [2.24, 2.45) is 0 Å². The molecule has 29 heavy (non-hydrogen) atoms. The fraction of sp³-hybridized carbons (Fsp3) is 0.0476. The van der Waals surface area contributed by atoms with Gasteiger partial charge < -0.3 is 9.84 Å². The molecule has 0 aliphatic rings. The van der Waals surface area contributed by atoms with E-state index in [4.69, 9.17) is 27.9 Å². The molecule has 0 amide bonds. The highest BCUT2D eigenvalue weighted by molar-refractivity contribution is 7.13. The largest absolute Gasteiger partial charge is 0.503 e. The molecule has 0 bridgehead atoms. The van der Waals surface area contributed by atoms with Crippen molar-refractivity contribution < 1.29 is 19.0 Å². The summed E-state index contributed by atoms with van der Waals surface area (Å²) in [6.07, 6.45) is 2.35. The van der Waals surface area contributed by atoms with Crippen molar-refractivity contribution in [1.82, 2.24) is 4.98 Å². The van der Waals surface area contributed by atoms with Crippen LogP contribution in [0.3, 0.4) is 0 Å². The predicted octanol–water partition coefficient (Wildman–Crippen LogP) is 6.66. The highest BCUT2D eigenvalue weighted by atomic mass is 35.5. The summed E-state index contributed by atoms with van der Waals surface area (Å²) in [5.41, 5.74) is 1.40. The Morgan fingerprint density at radius 1 is 1.24 bits per heavy atom.